The van der Waals surface area contributed by atoms with Gasteiger partial charge < -0.3 is 10.1 Å². The lowest BCUT2D eigenvalue weighted by Crippen LogP contribution is -2.16. The average molecular weight is 311 g/mol. The molecule has 1 aliphatic rings. The van der Waals surface area contributed by atoms with Gasteiger partial charge in [0.15, 0.2) is 5.78 Å². The second kappa shape index (κ2) is 6.65. The number of carbonyl (C=O) groups excluding carboxylic acids is 1. The van der Waals surface area contributed by atoms with Crippen LogP contribution in [0.1, 0.15) is 24.3 Å². The fraction of sp³-hybridized carbons (Fsp3) is 0.211. The van der Waals surface area contributed by atoms with Crippen LogP contribution >= 0.6 is 0 Å². The van der Waals surface area contributed by atoms with Gasteiger partial charge in [-0.1, -0.05) is 12.1 Å². The lowest BCUT2D eigenvalue weighted by Gasteiger charge is -2.23. The molecule has 0 bridgehead atoms. The average Bonchev–Trinajstić information content (AvgIpc) is 2.56. The van der Waals surface area contributed by atoms with Crippen LogP contribution < -0.4 is 10.1 Å². The van der Waals surface area contributed by atoms with E-state index in [4.69, 9.17) is 4.74 Å². The molecule has 0 heterocycles. The molecule has 0 radical (unpaired) electrons. The minimum absolute atomic E-state index is 0.0988. The summed E-state index contributed by atoms with van der Waals surface area (Å²) in [5.74, 6) is 0.763. The lowest BCUT2D eigenvalue weighted by molar-refractivity contribution is -0.115. The number of hydrogen-bond acceptors (Lipinski definition) is 3. The first-order valence-electron chi connectivity index (χ1n) is 7.54. The van der Waals surface area contributed by atoms with Crippen LogP contribution in [0.2, 0.25) is 0 Å². The van der Waals surface area contributed by atoms with Crippen molar-refractivity contribution in [1.82, 2.24) is 0 Å². The second-order valence-corrected chi connectivity index (χ2v) is 5.65. The summed E-state index contributed by atoms with van der Waals surface area (Å²) in [4.78, 5) is 12.0. The van der Waals surface area contributed by atoms with Crippen LogP contribution in [0.5, 0.6) is 5.75 Å². The molecule has 0 aromatic heterocycles. The maximum atomic E-state index is 13.0. The highest BCUT2D eigenvalue weighted by atomic mass is 19.1. The first-order chi connectivity index (χ1) is 11.1. The minimum atomic E-state index is -0.277. The Hall–Kier alpha value is -2.62. The quantitative estimate of drug-likeness (QED) is 0.916. The van der Waals surface area contributed by atoms with Crippen molar-refractivity contribution >= 4 is 11.5 Å². The van der Waals surface area contributed by atoms with Crippen molar-refractivity contribution in [3.8, 4) is 5.75 Å². The Balaban J connectivity index is 1.74. The summed E-state index contributed by atoms with van der Waals surface area (Å²) < 4.78 is 18.1. The number of anilines is 1. The van der Waals surface area contributed by atoms with Crippen LogP contribution in [0.3, 0.4) is 0 Å². The summed E-state index contributed by atoms with van der Waals surface area (Å²) in [7, 11) is 1.63. The van der Waals surface area contributed by atoms with Gasteiger partial charge in [-0.2, -0.15) is 0 Å². The maximum Gasteiger partial charge on any atom is 0.158 e. The van der Waals surface area contributed by atoms with E-state index < -0.39 is 0 Å². The summed E-state index contributed by atoms with van der Waals surface area (Å²) in [6.45, 7) is 0. The smallest absolute Gasteiger partial charge is 0.158 e. The molecule has 0 saturated carbocycles. The third-order valence-electron chi connectivity index (χ3n) is 3.99. The van der Waals surface area contributed by atoms with Gasteiger partial charge >= 0.3 is 0 Å². The zero-order chi connectivity index (χ0) is 16.2. The number of methoxy groups -OCH3 is 1. The number of carbonyl (C=O) groups is 1. The molecule has 118 valence electrons. The summed E-state index contributed by atoms with van der Waals surface area (Å²) in [5, 5.41) is 3.21. The van der Waals surface area contributed by atoms with E-state index in [0.29, 0.717) is 6.42 Å². The molecule has 3 rings (SSSR count). The molecule has 1 N–H and O–H groups in total. The molecule has 2 aromatic carbocycles. The predicted octanol–water partition coefficient (Wildman–Crippen LogP) is 4.28. The fourth-order valence-corrected chi connectivity index (χ4v) is 2.81. The molecule has 0 spiro atoms. The standard InChI is InChI=1S/C19H18FNO2/c1-23-19-8-2-13(3-9-19)14-10-17(12-18(22)11-14)21-16-6-4-15(20)5-7-16/h2-9,12,14,21H,10-11H2,1H3/t14-/m0/s1. The molecule has 1 atom stereocenters. The molecular weight excluding hydrogens is 293 g/mol. The van der Waals surface area contributed by atoms with E-state index in [9.17, 15) is 9.18 Å². The second-order valence-electron chi connectivity index (χ2n) is 5.65. The first-order valence-corrected chi connectivity index (χ1v) is 7.54. The summed E-state index contributed by atoms with van der Waals surface area (Å²) in [6, 6.07) is 13.9. The Morgan fingerprint density at radius 3 is 2.39 bits per heavy atom. The van der Waals surface area contributed by atoms with Gasteiger partial charge in [0, 0.05) is 23.9 Å². The van der Waals surface area contributed by atoms with Crippen LogP contribution in [-0.2, 0) is 4.79 Å². The Bertz CT molecular complexity index is 720. The third kappa shape index (κ3) is 3.77. The topological polar surface area (TPSA) is 38.3 Å². The van der Waals surface area contributed by atoms with Crippen molar-refractivity contribution in [3.63, 3.8) is 0 Å². The number of rotatable bonds is 4. The molecule has 2 aromatic rings. The van der Waals surface area contributed by atoms with E-state index in [2.05, 4.69) is 5.32 Å². The largest absolute Gasteiger partial charge is 0.497 e. The molecule has 0 saturated heterocycles. The third-order valence-corrected chi connectivity index (χ3v) is 3.99. The van der Waals surface area contributed by atoms with Crippen LogP contribution in [0.4, 0.5) is 10.1 Å². The Morgan fingerprint density at radius 1 is 1.04 bits per heavy atom. The fourth-order valence-electron chi connectivity index (χ4n) is 2.81. The number of hydrogen-bond donors (Lipinski definition) is 1. The number of allylic oxidation sites excluding steroid dienone is 2. The molecular formula is C19H18FNO2. The molecule has 23 heavy (non-hydrogen) atoms. The van der Waals surface area contributed by atoms with Gasteiger partial charge in [0.1, 0.15) is 11.6 Å². The highest BCUT2D eigenvalue weighted by Gasteiger charge is 2.22. The van der Waals surface area contributed by atoms with Crippen molar-refractivity contribution in [2.75, 3.05) is 12.4 Å². The zero-order valence-electron chi connectivity index (χ0n) is 12.9. The van der Waals surface area contributed by atoms with E-state index in [-0.39, 0.29) is 17.5 Å². The zero-order valence-corrected chi connectivity index (χ0v) is 12.9. The van der Waals surface area contributed by atoms with Crippen LogP contribution in [-0.4, -0.2) is 12.9 Å². The lowest BCUT2D eigenvalue weighted by atomic mass is 9.85. The summed E-state index contributed by atoms with van der Waals surface area (Å²) in [6.07, 6.45) is 2.89. The van der Waals surface area contributed by atoms with Crippen molar-refractivity contribution in [3.05, 3.63) is 71.7 Å². The van der Waals surface area contributed by atoms with Crippen molar-refractivity contribution in [2.45, 2.75) is 18.8 Å². The van der Waals surface area contributed by atoms with Crippen LogP contribution in [0.25, 0.3) is 0 Å². The maximum absolute atomic E-state index is 13.0. The molecule has 1 aliphatic carbocycles. The monoisotopic (exact) mass is 311 g/mol. The van der Waals surface area contributed by atoms with Crippen molar-refractivity contribution < 1.29 is 13.9 Å². The van der Waals surface area contributed by atoms with Gasteiger partial charge in [-0.05, 0) is 54.3 Å². The first kappa shape index (κ1) is 15.3. The van der Waals surface area contributed by atoms with Gasteiger partial charge in [-0.3, -0.25) is 4.79 Å². The highest BCUT2D eigenvalue weighted by Crippen LogP contribution is 2.32. The van der Waals surface area contributed by atoms with Gasteiger partial charge in [0.25, 0.3) is 0 Å². The van der Waals surface area contributed by atoms with E-state index in [1.165, 1.54) is 12.1 Å². The Kier molecular flexibility index (Phi) is 4.42. The predicted molar refractivity (Wildman–Crippen MR) is 88.1 cm³/mol. The summed E-state index contributed by atoms with van der Waals surface area (Å²) >= 11 is 0. The Labute approximate surface area is 134 Å². The van der Waals surface area contributed by atoms with Crippen LogP contribution in [0.15, 0.2) is 60.3 Å². The van der Waals surface area contributed by atoms with E-state index in [0.717, 1.165) is 29.1 Å². The molecule has 0 fully saturated rings. The SMILES string of the molecule is COc1ccc([C@@H]2CC(=O)C=C(Nc3ccc(F)cc3)C2)cc1. The number of ether oxygens (including phenoxy) is 1. The highest BCUT2D eigenvalue weighted by molar-refractivity contribution is 5.92. The number of halogens is 1. The molecule has 4 heteroatoms. The number of ketones is 1. The van der Waals surface area contributed by atoms with E-state index in [1.54, 1.807) is 25.3 Å². The molecule has 0 amide bonds. The van der Waals surface area contributed by atoms with Crippen molar-refractivity contribution in [2.24, 2.45) is 0 Å². The molecule has 0 aliphatic heterocycles. The van der Waals surface area contributed by atoms with Gasteiger partial charge in [-0.15, -0.1) is 0 Å². The Morgan fingerprint density at radius 2 is 1.74 bits per heavy atom. The number of benzene rings is 2. The number of nitrogens with one attached hydrogen (secondary N) is 1. The summed E-state index contributed by atoms with van der Waals surface area (Å²) in [5.41, 5.74) is 2.75. The van der Waals surface area contributed by atoms with Gasteiger partial charge in [0.05, 0.1) is 7.11 Å². The van der Waals surface area contributed by atoms with E-state index in [1.807, 2.05) is 24.3 Å². The van der Waals surface area contributed by atoms with Gasteiger partial charge in [-0.25, -0.2) is 4.39 Å². The van der Waals surface area contributed by atoms with Gasteiger partial charge in [0.2, 0.25) is 0 Å². The normalized spacial score (nSPS) is 17.6. The van der Waals surface area contributed by atoms with Crippen molar-refractivity contribution in [1.29, 1.82) is 0 Å². The molecule has 0 unspecified atom stereocenters. The van der Waals surface area contributed by atoms with Crippen LogP contribution in [0, 0.1) is 5.82 Å². The minimum Gasteiger partial charge on any atom is -0.497 e. The molecule has 3 nitrogen and oxygen atoms in total. The van der Waals surface area contributed by atoms with E-state index >= 15 is 0 Å².